The summed E-state index contributed by atoms with van der Waals surface area (Å²) in [5.41, 5.74) is 3.70. The van der Waals surface area contributed by atoms with Crippen LogP contribution in [0.4, 0.5) is 0 Å². The third-order valence-corrected chi connectivity index (χ3v) is 3.29. The van der Waals surface area contributed by atoms with Gasteiger partial charge in [-0.2, -0.15) is 0 Å². The van der Waals surface area contributed by atoms with Crippen LogP contribution in [0.25, 0.3) is 11.0 Å². The Bertz CT molecular complexity index is 806. The summed E-state index contributed by atoms with van der Waals surface area (Å²) in [5.74, 6) is 6.19. The lowest BCUT2D eigenvalue weighted by atomic mass is 10.1. The highest BCUT2D eigenvalue weighted by atomic mass is 35.5. The molecule has 1 N–H and O–H groups in total. The lowest BCUT2D eigenvalue weighted by molar-refractivity contribution is 1.32. The third kappa shape index (κ3) is 2.33. The van der Waals surface area contributed by atoms with Gasteiger partial charge >= 0.3 is 0 Å². The topological polar surface area (TPSA) is 28.7 Å². The number of aryl methyl sites for hydroxylation is 1. The Morgan fingerprint density at radius 1 is 1.21 bits per heavy atom. The molecule has 3 rings (SSSR count). The van der Waals surface area contributed by atoms with Crippen LogP contribution in [0.1, 0.15) is 16.7 Å². The minimum Gasteiger partial charge on any atom is -0.346 e. The Balaban J connectivity index is 2.04. The van der Waals surface area contributed by atoms with Crippen molar-refractivity contribution in [3.8, 4) is 11.8 Å². The van der Waals surface area contributed by atoms with Crippen molar-refractivity contribution in [2.24, 2.45) is 0 Å². The Labute approximate surface area is 116 Å². The van der Waals surface area contributed by atoms with Crippen LogP contribution >= 0.6 is 11.6 Å². The first-order valence-electron chi connectivity index (χ1n) is 5.94. The molecule has 0 saturated carbocycles. The van der Waals surface area contributed by atoms with Crippen molar-refractivity contribution in [2.75, 3.05) is 0 Å². The number of benzene rings is 1. The molecule has 0 aliphatic heterocycles. The fraction of sp³-hybridized carbons (Fsp3) is 0.0625. The van der Waals surface area contributed by atoms with E-state index in [9.17, 15) is 0 Å². The number of nitrogens with one attached hydrogen (secondary N) is 1. The van der Waals surface area contributed by atoms with Crippen LogP contribution in [0, 0.1) is 18.8 Å². The summed E-state index contributed by atoms with van der Waals surface area (Å²) in [6.45, 7) is 2.05. The maximum absolute atomic E-state index is 6.32. The Hall–Kier alpha value is -2.24. The summed E-state index contributed by atoms with van der Waals surface area (Å²) in [6, 6.07) is 9.97. The molecule has 0 unspecified atom stereocenters. The van der Waals surface area contributed by atoms with Crippen LogP contribution in [0.2, 0.25) is 5.02 Å². The molecule has 19 heavy (non-hydrogen) atoms. The number of hydrogen-bond acceptors (Lipinski definition) is 1. The second-order valence-electron chi connectivity index (χ2n) is 4.35. The van der Waals surface area contributed by atoms with Crippen molar-refractivity contribution in [1.82, 2.24) is 9.97 Å². The van der Waals surface area contributed by atoms with E-state index in [-0.39, 0.29) is 0 Å². The lowest BCUT2D eigenvalue weighted by Gasteiger charge is -1.97. The maximum Gasteiger partial charge on any atom is 0.138 e. The first kappa shape index (κ1) is 11.8. The minimum atomic E-state index is 0.645. The highest BCUT2D eigenvalue weighted by molar-refractivity contribution is 6.36. The molecule has 0 saturated heterocycles. The minimum absolute atomic E-state index is 0.645. The highest BCUT2D eigenvalue weighted by Crippen LogP contribution is 2.24. The van der Waals surface area contributed by atoms with E-state index in [4.69, 9.17) is 11.6 Å². The van der Waals surface area contributed by atoms with Crippen molar-refractivity contribution >= 4 is 22.6 Å². The molecular weight excluding hydrogens is 256 g/mol. The molecule has 0 amide bonds. The zero-order valence-corrected chi connectivity index (χ0v) is 11.1. The van der Waals surface area contributed by atoms with Crippen molar-refractivity contribution in [1.29, 1.82) is 0 Å². The van der Waals surface area contributed by atoms with Crippen LogP contribution in [0.15, 0.2) is 42.7 Å². The van der Waals surface area contributed by atoms with E-state index >= 15 is 0 Å². The Kier molecular flexibility index (Phi) is 2.98. The van der Waals surface area contributed by atoms with E-state index in [0.29, 0.717) is 5.02 Å². The monoisotopic (exact) mass is 266 g/mol. The summed E-state index contributed by atoms with van der Waals surface area (Å²) in [4.78, 5) is 7.31. The summed E-state index contributed by atoms with van der Waals surface area (Å²) < 4.78 is 0. The standard InChI is InChI=1S/C16H11ClN2/c1-11-3-2-4-12(9-11)5-6-13-10-19-16-14(15(13)17)7-8-18-16/h2-4,7-10H,1H3,(H,18,19). The average Bonchev–Trinajstić information content (AvgIpc) is 2.87. The molecule has 0 bridgehead atoms. The molecule has 2 aromatic heterocycles. The molecule has 0 atom stereocenters. The van der Waals surface area contributed by atoms with Crippen molar-refractivity contribution in [2.45, 2.75) is 6.92 Å². The van der Waals surface area contributed by atoms with Gasteiger partial charge in [-0.05, 0) is 30.7 Å². The summed E-state index contributed by atoms with van der Waals surface area (Å²) in [6.07, 6.45) is 3.52. The first-order chi connectivity index (χ1) is 9.24. The van der Waals surface area contributed by atoms with Crippen LogP contribution in [-0.2, 0) is 0 Å². The van der Waals surface area contributed by atoms with Gasteiger partial charge in [0.25, 0.3) is 0 Å². The first-order valence-corrected chi connectivity index (χ1v) is 6.32. The van der Waals surface area contributed by atoms with Crippen molar-refractivity contribution in [3.05, 3.63) is 64.4 Å². The average molecular weight is 267 g/mol. The quantitative estimate of drug-likeness (QED) is 0.614. The van der Waals surface area contributed by atoms with Gasteiger partial charge in [0.15, 0.2) is 0 Å². The van der Waals surface area contributed by atoms with Gasteiger partial charge in [0.1, 0.15) is 5.65 Å². The second kappa shape index (κ2) is 4.79. The van der Waals surface area contributed by atoms with Gasteiger partial charge in [0.2, 0.25) is 0 Å². The molecule has 3 aromatic rings. The number of aromatic amines is 1. The lowest BCUT2D eigenvalue weighted by Crippen LogP contribution is -1.84. The van der Waals surface area contributed by atoms with Crippen molar-refractivity contribution < 1.29 is 0 Å². The highest BCUT2D eigenvalue weighted by Gasteiger charge is 2.05. The van der Waals surface area contributed by atoms with Crippen molar-refractivity contribution in [3.63, 3.8) is 0 Å². The number of halogens is 1. The summed E-state index contributed by atoms with van der Waals surface area (Å²) >= 11 is 6.32. The number of pyridine rings is 1. The van der Waals surface area contributed by atoms with E-state index in [1.165, 1.54) is 5.56 Å². The van der Waals surface area contributed by atoms with E-state index in [2.05, 4.69) is 21.8 Å². The van der Waals surface area contributed by atoms with Crippen LogP contribution in [-0.4, -0.2) is 9.97 Å². The number of nitrogens with zero attached hydrogens (tertiary/aromatic N) is 1. The van der Waals surface area contributed by atoms with Crippen LogP contribution < -0.4 is 0 Å². The SMILES string of the molecule is Cc1cccc(C#Cc2cnc3[nH]ccc3c2Cl)c1. The summed E-state index contributed by atoms with van der Waals surface area (Å²) in [5, 5.41) is 1.55. The smallest absolute Gasteiger partial charge is 0.138 e. The van der Waals surface area contributed by atoms with E-state index in [1.807, 2.05) is 43.5 Å². The van der Waals surface area contributed by atoms with Gasteiger partial charge in [-0.3, -0.25) is 0 Å². The molecule has 1 aromatic carbocycles. The van der Waals surface area contributed by atoms with Gasteiger partial charge in [-0.1, -0.05) is 35.6 Å². The second-order valence-corrected chi connectivity index (χ2v) is 4.72. The molecule has 0 radical (unpaired) electrons. The number of aromatic nitrogens is 2. The summed E-state index contributed by atoms with van der Waals surface area (Å²) in [7, 11) is 0. The fourth-order valence-electron chi connectivity index (χ4n) is 1.92. The Morgan fingerprint density at radius 3 is 2.95 bits per heavy atom. The van der Waals surface area contributed by atoms with E-state index in [1.54, 1.807) is 6.20 Å². The molecular formula is C16H11ClN2. The van der Waals surface area contributed by atoms with E-state index < -0.39 is 0 Å². The molecule has 0 fully saturated rings. The van der Waals surface area contributed by atoms with E-state index in [0.717, 1.165) is 22.2 Å². The van der Waals surface area contributed by atoms with Crippen LogP contribution in [0.5, 0.6) is 0 Å². The predicted octanol–water partition coefficient (Wildman–Crippen LogP) is 3.92. The largest absolute Gasteiger partial charge is 0.346 e. The maximum atomic E-state index is 6.32. The number of fused-ring (bicyclic) bond motifs is 1. The molecule has 2 nitrogen and oxygen atoms in total. The predicted molar refractivity (Wildman–Crippen MR) is 78.3 cm³/mol. The van der Waals surface area contributed by atoms with Gasteiger partial charge in [-0.25, -0.2) is 4.98 Å². The zero-order chi connectivity index (χ0) is 13.2. The third-order valence-electron chi connectivity index (χ3n) is 2.88. The van der Waals surface area contributed by atoms with Gasteiger partial charge in [0.05, 0.1) is 10.6 Å². The molecule has 0 aliphatic carbocycles. The number of H-pyrrole nitrogens is 1. The molecule has 3 heteroatoms. The van der Waals surface area contributed by atoms with Crippen LogP contribution in [0.3, 0.4) is 0 Å². The fourth-order valence-corrected chi connectivity index (χ4v) is 2.17. The molecule has 2 heterocycles. The van der Waals surface area contributed by atoms with Gasteiger partial charge < -0.3 is 4.98 Å². The zero-order valence-electron chi connectivity index (χ0n) is 10.4. The molecule has 0 aliphatic rings. The van der Waals surface area contributed by atoms with Gasteiger partial charge in [-0.15, -0.1) is 0 Å². The molecule has 0 spiro atoms. The van der Waals surface area contributed by atoms with Gasteiger partial charge in [0, 0.05) is 23.3 Å². The number of hydrogen-bond donors (Lipinski definition) is 1. The normalized spacial score (nSPS) is 10.2. The molecule has 92 valence electrons. The number of rotatable bonds is 0. The Morgan fingerprint density at radius 2 is 2.11 bits per heavy atom.